The van der Waals surface area contributed by atoms with Gasteiger partial charge in [-0.15, -0.1) is 0 Å². The molecule has 1 atom stereocenters. The number of H-pyrrole nitrogens is 1. The summed E-state index contributed by atoms with van der Waals surface area (Å²) in [7, 11) is 0. The first kappa shape index (κ1) is 11.8. The van der Waals surface area contributed by atoms with E-state index < -0.39 is 0 Å². The van der Waals surface area contributed by atoms with E-state index in [4.69, 9.17) is 11.6 Å². The van der Waals surface area contributed by atoms with Gasteiger partial charge in [0.2, 0.25) is 0 Å². The molecule has 1 aromatic heterocycles. The molecule has 0 radical (unpaired) electrons. The summed E-state index contributed by atoms with van der Waals surface area (Å²) >= 11 is 5.92. The van der Waals surface area contributed by atoms with E-state index in [9.17, 15) is 4.79 Å². The van der Waals surface area contributed by atoms with Crippen molar-refractivity contribution in [3.8, 4) is 0 Å². The lowest BCUT2D eigenvalue weighted by Gasteiger charge is -2.10. The Hall–Kier alpha value is -1.32. The third kappa shape index (κ3) is 2.28. The normalized spacial score (nSPS) is 19.5. The quantitative estimate of drug-likeness (QED) is 0.873. The van der Waals surface area contributed by atoms with Crippen molar-refractivity contribution < 1.29 is 0 Å². The summed E-state index contributed by atoms with van der Waals surface area (Å²) in [4.78, 5) is 14.9. The molecule has 0 bridgehead atoms. The van der Waals surface area contributed by atoms with E-state index in [1.54, 1.807) is 6.07 Å². The lowest BCUT2D eigenvalue weighted by Crippen LogP contribution is -2.27. The van der Waals surface area contributed by atoms with Crippen LogP contribution >= 0.6 is 11.6 Å². The summed E-state index contributed by atoms with van der Waals surface area (Å²) in [5.41, 5.74) is 1.65. The van der Waals surface area contributed by atoms with E-state index in [-0.39, 0.29) is 5.56 Å². The molecule has 1 aliphatic heterocycles. The Kier molecular flexibility index (Phi) is 3.10. The van der Waals surface area contributed by atoms with Crippen LogP contribution in [0.5, 0.6) is 0 Å². The molecule has 1 fully saturated rings. The maximum atomic E-state index is 12.0. The second kappa shape index (κ2) is 4.75. The topological polar surface area (TPSA) is 44.9 Å². The number of benzene rings is 1. The highest BCUT2D eigenvalue weighted by Crippen LogP contribution is 2.18. The maximum Gasteiger partial charge on any atom is 0.251 e. The summed E-state index contributed by atoms with van der Waals surface area (Å²) in [6, 6.07) is 8.00. The molecule has 3 rings (SSSR count). The summed E-state index contributed by atoms with van der Waals surface area (Å²) < 4.78 is 0. The number of aromatic amines is 1. The molecule has 94 valence electrons. The Morgan fingerprint density at radius 2 is 2.22 bits per heavy atom. The minimum absolute atomic E-state index is 0.00142. The van der Waals surface area contributed by atoms with Crippen LogP contribution in [-0.2, 0) is 6.42 Å². The summed E-state index contributed by atoms with van der Waals surface area (Å²) in [6.07, 6.45) is 3.15. The highest BCUT2D eigenvalue weighted by atomic mass is 35.5. The van der Waals surface area contributed by atoms with Gasteiger partial charge in [-0.3, -0.25) is 4.79 Å². The van der Waals surface area contributed by atoms with Crippen molar-refractivity contribution in [1.29, 1.82) is 0 Å². The molecule has 1 aliphatic rings. The summed E-state index contributed by atoms with van der Waals surface area (Å²) in [5.74, 6) is 0. The second-order valence-electron chi connectivity index (χ2n) is 4.85. The van der Waals surface area contributed by atoms with Crippen LogP contribution in [0.15, 0.2) is 29.1 Å². The van der Waals surface area contributed by atoms with Crippen LogP contribution in [0, 0.1) is 0 Å². The first-order chi connectivity index (χ1) is 8.72. The number of hydrogen-bond donors (Lipinski definition) is 2. The Morgan fingerprint density at radius 1 is 1.33 bits per heavy atom. The molecule has 2 N–H and O–H groups in total. The van der Waals surface area contributed by atoms with Gasteiger partial charge in [-0.2, -0.15) is 0 Å². The van der Waals surface area contributed by atoms with Gasteiger partial charge in [0.25, 0.3) is 5.56 Å². The standard InChI is InChI=1S/C14H15ClN2O/c15-11-4-3-9-6-10(7-12-2-1-5-16-12)14(18)17-13(9)8-11/h3-4,6,8,12,16H,1-2,5,7H2,(H,17,18). The fourth-order valence-electron chi connectivity index (χ4n) is 2.57. The number of halogens is 1. The molecular weight excluding hydrogens is 248 g/mol. The van der Waals surface area contributed by atoms with Crippen molar-refractivity contribution in [2.24, 2.45) is 0 Å². The zero-order chi connectivity index (χ0) is 12.5. The van der Waals surface area contributed by atoms with E-state index in [1.165, 1.54) is 6.42 Å². The molecule has 4 heteroatoms. The number of pyridine rings is 1. The molecular formula is C14H15ClN2O. The van der Waals surface area contributed by atoms with Crippen LogP contribution in [-0.4, -0.2) is 17.6 Å². The Balaban J connectivity index is 1.99. The molecule has 3 nitrogen and oxygen atoms in total. The molecule has 0 saturated carbocycles. The Morgan fingerprint density at radius 3 is 3.00 bits per heavy atom. The van der Waals surface area contributed by atoms with Gasteiger partial charge in [-0.05, 0) is 49.4 Å². The van der Waals surface area contributed by atoms with Crippen molar-refractivity contribution in [3.05, 3.63) is 45.2 Å². The molecule has 2 heterocycles. The lowest BCUT2D eigenvalue weighted by atomic mass is 10.0. The van der Waals surface area contributed by atoms with Crippen LogP contribution in [0.1, 0.15) is 18.4 Å². The van der Waals surface area contributed by atoms with Gasteiger partial charge in [0.1, 0.15) is 0 Å². The zero-order valence-electron chi connectivity index (χ0n) is 10.0. The molecule has 18 heavy (non-hydrogen) atoms. The third-order valence-corrected chi connectivity index (χ3v) is 3.75. The van der Waals surface area contributed by atoms with Gasteiger partial charge in [0.15, 0.2) is 0 Å². The number of aromatic nitrogens is 1. The van der Waals surface area contributed by atoms with E-state index >= 15 is 0 Å². The minimum atomic E-state index is -0.00142. The van der Waals surface area contributed by atoms with Crippen molar-refractivity contribution in [2.45, 2.75) is 25.3 Å². The van der Waals surface area contributed by atoms with Crippen molar-refractivity contribution in [1.82, 2.24) is 10.3 Å². The molecule has 1 unspecified atom stereocenters. The van der Waals surface area contributed by atoms with Gasteiger partial charge >= 0.3 is 0 Å². The van der Waals surface area contributed by atoms with Crippen LogP contribution in [0.2, 0.25) is 5.02 Å². The zero-order valence-corrected chi connectivity index (χ0v) is 10.8. The molecule has 2 aromatic rings. The van der Waals surface area contributed by atoms with Crippen molar-refractivity contribution in [2.75, 3.05) is 6.54 Å². The lowest BCUT2D eigenvalue weighted by molar-refractivity contribution is 0.600. The average molecular weight is 263 g/mol. The number of rotatable bonds is 2. The molecule has 1 aromatic carbocycles. The van der Waals surface area contributed by atoms with E-state index in [1.807, 2.05) is 18.2 Å². The molecule has 0 aliphatic carbocycles. The van der Waals surface area contributed by atoms with Gasteiger partial charge in [-0.1, -0.05) is 17.7 Å². The fraction of sp³-hybridized carbons (Fsp3) is 0.357. The van der Waals surface area contributed by atoms with E-state index in [0.29, 0.717) is 11.1 Å². The predicted octanol–water partition coefficient (Wildman–Crippen LogP) is 2.48. The van der Waals surface area contributed by atoms with Gasteiger partial charge in [0, 0.05) is 22.1 Å². The van der Waals surface area contributed by atoms with Gasteiger partial charge < -0.3 is 10.3 Å². The van der Waals surface area contributed by atoms with Crippen LogP contribution in [0.4, 0.5) is 0 Å². The summed E-state index contributed by atoms with van der Waals surface area (Å²) in [5, 5.41) is 5.09. The predicted molar refractivity (Wildman–Crippen MR) is 74.3 cm³/mol. The average Bonchev–Trinajstić information content (AvgIpc) is 2.83. The largest absolute Gasteiger partial charge is 0.322 e. The van der Waals surface area contributed by atoms with E-state index in [2.05, 4.69) is 10.3 Å². The number of fused-ring (bicyclic) bond motifs is 1. The Labute approximate surface area is 110 Å². The highest BCUT2D eigenvalue weighted by molar-refractivity contribution is 6.31. The minimum Gasteiger partial charge on any atom is -0.322 e. The smallest absolute Gasteiger partial charge is 0.251 e. The number of nitrogens with one attached hydrogen (secondary N) is 2. The summed E-state index contributed by atoms with van der Waals surface area (Å²) in [6.45, 7) is 1.06. The highest BCUT2D eigenvalue weighted by Gasteiger charge is 2.16. The fourth-order valence-corrected chi connectivity index (χ4v) is 2.74. The maximum absolute atomic E-state index is 12.0. The molecule has 1 saturated heterocycles. The van der Waals surface area contributed by atoms with Crippen molar-refractivity contribution >= 4 is 22.5 Å². The van der Waals surface area contributed by atoms with Crippen LogP contribution < -0.4 is 10.9 Å². The van der Waals surface area contributed by atoms with Gasteiger partial charge in [-0.25, -0.2) is 0 Å². The second-order valence-corrected chi connectivity index (χ2v) is 5.29. The number of hydrogen-bond acceptors (Lipinski definition) is 2. The monoisotopic (exact) mass is 262 g/mol. The first-order valence-corrected chi connectivity index (χ1v) is 6.65. The molecule has 0 spiro atoms. The van der Waals surface area contributed by atoms with Crippen molar-refractivity contribution in [3.63, 3.8) is 0 Å². The Bertz CT molecular complexity index is 629. The van der Waals surface area contributed by atoms with E-state index in [0.717, 1.165) is 35.9 Å². The third-order valence-electron chi connectivity index (χ3n) is 3.51. The van der Waals surface area contributed by atoms with Crippen LogP contribution in [0.25, 0.3) is 10.9 Å². The molecule has 0 amide bonds. The first-order valence-electron chi connectivity index (χ1n) is 6.27. The van der Waals surface area contributed by atoms with Gasteiger partial charge in [0.05, 0.1) is 0 Å². The SMILES string of the molecule is O=c1[nH]c2cc(Cl)ccc2cc1CC1CCCN1. The van der Waals surface area contributed by atoms with Crippen LogP contribution in [0.3, 0.4) is 0 Å².